The molecule has 0 atom stereocenters. The molecular formula is C18H24N2O. The summed E-state index contributed by atoms with van der Waals surface area (Å²) in [4.78, 5) is 14.1. The van der Waals surface area contributed by atoms with Crippen LogP contribution in [0.4, 0.5) is 0 Å². The van der Waals surface area contributed by atoms with E-state index in [1.807, 2.05) is 4.90 Å². The number of fused-ring (bicyclic) bond motifs is 1. The number of hydrogen-bond donors (Lipinski definition) is 0. The van der Waals surface area contributed by atoms with Crippen LogP contribution in [0.15, 0.2) is 30.5 Å². The number of aromatic nitrogens is 1. The summed E-state index contributed by atoms with van der Waals surface area (Å²) in [6, 6.07) is 8.56. The number of carbonyl (C=O) groups excluding carboxylic acids is 1. The highest BCUT2D eigenvalue weighted by atomic mass is 16.2. The van der Waals surface area contributed by atoms with E-state index in [0.717, 1.165) is 32.5 Å². The molecular weight excluding hydrogens is 260 g/mol. The molecule has 1 aliphatic rings. The Hall–Kier alpha value is -1.77. The van der Waals surface area contributed by atoms with Gasteiger partial charge in [-0.05, 0) is 44.2 Å². The van der Waals surface area contributed by atoms with Gasteiger partial charge >= 0.3 is 0 Å². The first-order valence-corrected chi connectivity index (χ1v) is 8.14. The van der Waals surface area contributed by atoms with E-state index in [0.29, 0.717) is 12.3 Å². The number of benzene rings is 1. The third-order valence-corrected chi connectivity index (χ3v) is 4.51. The Morgan fingerprint density at radius 3 is 2.71 bits per heavy atom. The number of likely N-dealkylation sites (tertiary alicyclic amines) is 1. The molecule has 0 spiro atoms. The van der Waals surface area contributed by atoms with Crippen molar-refractivity contribution in [1.29, 1.82) is 0 Å². The Kier molecular flexibility index (Phi) is 4.28. The van der Waals surface area contributed by atoms with Crippen molar-refractivity contribution in [2.24, 2.45) is 0 Å². The second-order valence-electron chi connectivity index (χ2n) is 5.90. The SMILES string of the molecule is CCn1cc(CCCC(=O)N2CCCC2)c2ccccc21. The van der Waals surface area contributed by atoms with Gasteiger partial charge in [0.2, 0.25) is 5.91 Å². The fraction of sp³-hybridized carbons (Fsp3) is 0.500. The third kappa shape index (κ3) is 2.97. The lowest BCUT2D eigenvalue weighted by atomic mass is 10.1. The lowest BCUT2D eigenvalue weighted by Crippen LogP contribution is -2.27. The second kappa shape index (κ2) is 6.33. The number of para-hydroxylation sites is 1. The first kappa shape index (κ1) is 14.2. The molecule has 1 aliphatic heterocycles. The topological polar surface area (TPSA) is 25.2 Å². The third-order valence-electron chi connectivity index (χ3n) is 4.51. The summed E-state index contributed by atoms with van der Waals surface area (Å²) >= 11 is 0. The maximum Gasteiger partial charge on any atom is 0.222 e. The van der Waals surface area contributed by atoms with Crippen LogP contribution in [0, 0.1) is 0 Å². The van der Waals surface area contributed by atoms with E-state index < -0.39 is 0 Å². The Morgan fingerprint density at radius 2 is 1.95 bits per heavy atom. The van der Waals surface area contributed by atoms with Crippen molar-refractivity contribution in [2.45, 2.75) is 45.6 Å². The second-order valence-corrected chi connectivity index (χ2v) is 5.90. The lowest BCUT2D eigenvalue weighted by molar-refractivity contribution is -0.130. The zero-order valence-corrected chi connectivity index (χ0v) is 12.8. The lowest BCUT2D eigenvalue weighted by Gasteiger charge is -2.14. The van der Waals surface area contributed by atoms with Crippen molar-refractivity contribution < 1.29 is 4.79 Å². The van der Waals surface area contributed by atoms with Gasteiger partial charge in [-0.3, -0.25) is 4.79 Å². The summed E-state index contributed by atoms with van der Waals surface area (Å²) in [5, 5.41) is 1.34. The minimum absolute atomic E-state index is 0.340. The Bertz CT molecular complexity index is 623. The zero-order chi connectivity index (χ0) is 14.7. The maximum absolute atomic E-state index is 12.1. The van der Waals surface area contributed by atoms with E-state index in [-0.39, 0.29) is 0 Å². The highest BCUT2D eigenvalue weighted by Gasteiger charge is 2.17. The predicted molar refractivity (Wildman–Crippen MR) is 86.4 cm³/mol. The Balaban J connectivity index is 1.64. The zero-order valence-electron chi connectivity index (χ0n) is 12.8. The fourth-order valence-corrected chi connectivity index (χ4v) is 3.34. The number of rotatable bonds is 5. The highest BCUT2D eigenvalue weighted by molar-refractivity contribution is 5.84. The van der Waals surface area contributed by atoms with Gasteiger partial charge in [-0.1, -0.05) is 18.2 Å². The number of amides is 1. The summed E-state index contributed by atoms with van der Waals surface area (Å²) in [5.74, 6) is 0.340. The first-order valence-electron chi connectivity index (χ1n) is 8.14. The molecule has 0 radical (unpaired) electrons. The normalized spacial score (nSPS) is 15.0. The molecule has 0 bridgehead atoms. The van der Waals surface area contributed by atoms with Crippen LogP contribution in [0.2, 0.25) is 0 Å². The quantitative estimate of drug-likeness (QED) is 0.823. The summed E-state index contributed by atoms with van der Waals surface area (Å²) in [7, 11) is 0. The van der Waals surface area contributed by atoms with Crippen LogP contribution in [0.25, 0.3) is 10.9 Å². The predicted octanol–water partition coefficient (Wildman–Crippen LogP) is 3.61. The molecule has 0 N–H and O–H groups in total. The largest absolute Gasteiger partial charge is 0.347 e. The van der Waals surface area contributed by atoms with Crippen molar-refractivity contribution in [1.82, 2.24) is 9.47 Å². The molecule has 0 unspecified atom stereocenters. The average Bonchev–Trinajstić information content (AvgIpc) is 3.15. The first-order chi connectivity index (χ1) is 10.3. The smallest absolute Gasteiger partial charge is 0.222 e. The van der Waals surface area contributed by atoms with Gasteiger partial charge in [-0.25, -0.2) is 0 Å². The van der Waals surface area contributed by atoms with Gasteiger partial charge in [0, 0.05) is 43.2 Å². The molecule has 1 aromatic carbocycles. The molecule has 3 nitrogen and oxygen atoms in total. The van der Waals surface area contributed by atoms with Gasteiger partial charge < -0.3 is 9.47 Å². The van der Waals surface area contributed by atoms with E-state index in [2.05, 4.69) is 42.0 Å². The van der Waals surface area contributed by atoms with E-state index in [4.69, 9.17) is 0 Å². The molecule has 1 saturated heterocycles. The fourth-order valence-electron chi connectivity index (χ4n) is 3.34. The molecule has 21 heavy (non-hydrogen) atoms. The molecule has 2 heterocycles. The van der Waals surface area contributed by atoms with E-state index >= 15 is 0 Å². The standard InChI is InChI=1S/C18H24N2O/c1-2-19-14-15(16-9-3-4-10-17(16)19)8-7-11-18(21)20-12-5-6-13-20/h3-4,9-10,14H,2,5-8,11-13H2,1H3. The van der Waals surface area contributed by atoms with Crippen LogP contribution >= 0.6 is 0 Å². The van der Waals surface area contributed by atoms with E-state index in [1.165, 1.54) is 29.3 Å². The molecule has 3 rings (SSSR count). The Labute approximate surface area is 126 Å². The molecule has 3 heteroatoms. The van der Waals surface area contributed by atoms with Crippen LogP contribution in [0.1, 0.15) is 38.2 Å². The van der Waals surface area contributed by atoms with Gasteiger partial charge in [0.1, 0.15) is 0 Å². The molecule has 1 amide bonds. The van der Waals surface area contributed by atoms with Crippen molar-refractivity contribution in [2.75, 3.05) is 13.1 Å². The maximum atomic E-state index is 12.1. The average molecular weight is 284 g/mol. The van der Waals surface area contributed by atoms with Gasteiger partial charge in [-0.2, -0.15) is 0 Å². The number of aryl methyl sites for hydroxylation is 2. The molecule has 1 aromatic heterocycles. The van der Waals surface area contributed by atoms with Crippen LogP contribution in [-0.4, -0.2) is 28.5 Å². The van der Waals surface area contributed by atoms with Crippen molar-refractivity contribution >= 4 is 16.8 Å². The van der Waals surface area contributed by atoms with Gasteiger partial charge in [-0.15, -0.1) is 0 Å². The monoisotopic (exact) mass is 284 g/mol. The summed E-state index contributed by atoms with van der Waals surface area (Å²) < 4.78 is 2.30. The summed E-state index contributed by atoms with van der Waals surface area (Å²) in [6.45, 7) is 5.10. The highest BCUT2D eigenvalue weighted by Crippen LogP contribution is 2.23. The van der Waals surface area contributed by atoms with Crippen LogP contribution in [0.3, 0.4) is 0 Å². The molecule has 1 fully saturated rings. The number of carbonyl (C=O) groups is 1. The van der Waals surface area contributed by atoms with Crippen LogP contribution in [-0.2, 0) is 17.8 Å². The minimum Gasteiger partial charge on any atom is -0.347 e. The summed E-state index contributed by atoms with van der Waals surface area (Å²) in [6.07, 6.45) is 7.24. The van der Waals surface area contributed by atoms with Crippen molar-refractivity contribution in [3.63, 3.8) is 0 Å². The summed E-state index contributed by atoms with van der Waals surface area (Å²) in [5.41, 5.74) is 2.68. The Morgan fingerprint density at radius 1 is 1.19 bits per heavy atom. The van der Waals surface area contributed by atoms with Crippen molar-refractivity contribution in [3.8, 4) is 0 Å². The molecule has 0 saturated carbocycles. The molecule has 0 aliphatic carbocycles. The van der Waals surface area contributed by atoms with Gasteiger partial charge in [0.15, 0.2) is 0 Å². The number of nitrogens with zero attached hydrogens (tertiary/aromatic N) is 2. The molecule has 112 valence electrons. The van der Waals surface area contributed by atoms with E-state index in [1.54, 1.807) is 0 Å². The minimum atomic E-state index is 0.340. The van der Waals surface area contributed by atoms with Gasteiger partial charge in [0.25, 0.3) is 0 Å². The van der Waals surface area contributed by atoms with Crippen molar-refractivity contribution in [3.05, 3.63) is 36.0 Å². The van der Waals surface area contributed by atoms with Crippen LogP contribution in [0.5, 0.6) is 0 Å². The van der Waals surface area contributed by atoms with Crippen LogP contribution < -0.4 is 0 Å². The van der Waals surface area contributed by atoms with Gasteiger partial charge in [0.05, 0.1) is 0 Å². The number of hydrogen-bond acceptors (Lipinski definition) is 1. The molecule has 2 aromatic rings. The van der Waals surface area contributed by atoms with E-state index in [9.17, 15) is 4.79 Å².